The Morgan fingerprint density at radius 1 is 1.65 bits per heavy atom. The number of hydrogen-bond acceptors (Lipinski definition) is 6. The number of methoxy groups -OCH3 is 1. The van der Waals surface area contributed by atoms with Crippen LogP contribution in [0.3, 0.4) is 0 Å². The van der Waals surface area contributed by atoms with E-state index in [4.69, 9.17) is 0 Å². The van der Waals surface area contributed by atoms with Crippen molar-refractivity contribution in [3.63, 3.8) is 0 Å². The van der Waals surface area contributed by atoms with Crippen LogP contribution in [0.4, 0.5) is 5.69 Å². The summed E-state index contributed by atoms with van der Waals surface area (Å²) in [6, 6.07) is 1.26. The van der Waals surface area contributed by atoms with Crippen molar-refractivity contribution in [2.45, 2.75) is 19.3 Å². The van der Waals surface area contributed by atoms with Crippen LogP contribution in [0.2, 0.25) is 0 Å². The van der Waals surface area contributed by atoms with Crippen LogP contribution in [-0.2, 0) is 16.0 Å². The average Bonchev–Trinajstić information content (AvgIpc) is 2.72. The summed E-state index contributed by atoms with van der Waals surface area (Å²) in [7, 11) is 1.29. The smallest absolute Gasteiger partial charge is 0.305 e. The van der Waals surface area contributed by atoms with E-state index in [2.05, 4.69) is 4.74 Å². The van der Waals surface area contributed by atoms with Crippen molar-refractivity contribution in [2.75, 3.05) is 7.11 Å². The molecule has 0 unspecified atom stereocenters. The van der Waals surface area contributed by atoms with Gasteiger partial charge in [-0.1, -0.05) is 0 Å². The number of thiophene rings is 1. The van der Waals surface area contributed by atoms with Gasteiger partial charge in [0.1, 0.15) is 0 Å². The van der Waals surface area contributed by atoms with Gasteiger partial charge in [-0.15, -0.1) is 11.3 Å². The number of esters is 1. The Kier molecular flexibility index (Phi) is 4.77. The number of rotatable bonds is 6. The number of aldehydes is 1. The molecule has 0 N–H and O–H groups in total. The molecule has 0 saturated carbocycles. The van der Waals surface area contributed by atoms with E-state index < -0.39 is 4.92 Å². The zero-order chi connectivity index (χ0) is 12.8. The first-order valence-corrected chi connectivity index (χ1v) is 5.69. The largest absolute Gasteiger partial charge is 0.469 e. The number of nitro groups is 1. The molecule has 1 aromatic heterocycles. The van der Waals surface area contributed by atoms with Gasteiger partial charge >= 0.3 is 5.97 Å². The van der Waals surface area contributed by atoms with E-state index in [0.29, 0.717) is 28.9 Å². The predicted octanol–water partition coefficient (Wildman–Crippen LogP) is 1.96. The second-order valence-electron chi connectivity index (χ2n) is 3.26. The van der Waals surface area contributed by atoms with Gasteiger partial charge in [0.15, 0.2) is 6.29 Å². The van der Waals surface area contributed by atoms with Gasteiger partial charge in [0.25, 0.3) is 5.69 Å². The van der Waals surface area contributed by atoms with Gasteiger partial charge < -0.3 is 4.74 Å². The first kappa shape index (κ1) is 13.3. The lowest BCUT2D eigenvalue weighted by Gasteiger charge is -1.98. The third-order valence-corrected chi connectivity index (χ3v) is 3.24. The summed E-state index contributed by atoms with van der Waals surface area (Å²) in [6.45, 7) is 0. The Hall–Kier alpha value is -1.76. The van der Waals surface area contributed by atoms with E-state index in [1.165, 1.54) is 13.2 Å². The van der Waals surface area contributed by atoms with Crippen LogP contribution in [0.5, 0.6) is 0 Å². The Balaban J connectivity index is 2.69. The van der Waals surface area contributed by atoms with Crippen LogP contribution in [0.25, 0.3) is 0 Å². The van der Waals surface area contributed by atoms with Crippen LogP contribution >= 0.6 is 11.3 Å². The Bertz CT molecular complexity index is 440. The van der Waals surface area contributed by atoms with Crippen molar-refractivity contribution in [1.82, 2.24) is 0 Å². The zero-order valence-corrected chi connectivity index (χ0v) is 9.99. The normalized spacial score (nSPS) is 9.94. The minimum atomic E-state index is -0.517. The summed E-state index contributed by atoms with van der Waals surface area (Å²) in [5.74, 6) is -0.347. The molecule has 0 aromatic carbocycles. The van der Waals surface area contributed by atoms with Crippen molar-refractivity contribution in [2.24, 2.45) is 0 Å². The maximum atomic E-state index is 10.9. The number of carbonyl (C=O) groups excluding carboxylic acids is 2. The maximum Gasteiger partial charge on any atom is 0.305 e. The summed E-state index contributed by atoms with van der Waals surface area (Å²) >= 11 is 1.09. The number of carbonyl (C=O) groups is 2. The molecule has 0 saturated heterocycles. The monoisotopic (exact) mass is 257 g/mol. The van der Waals surface area contributed by atoms with Gasteiger partial charge in [-0.25, -0.2) is 0 Å². The summed E-state index contributed by atoms with van der Waals surface area (Å²) < 4.78 is 4.47. The molecule has 1 rings (SSSR count). The van der Waals surface area contributed by atoms with Crippen molar-refractivity contribution < 1.29 is 19.2 Å². The van der Waals surface area contributed by atoms with Crippen LogP contribution in [0.1, 0.15) is 27.4 Å². The van der Waals surface area contributed by atoms with E-state index in [-0.39, 0.29) is 18.1 Å². The highest BCUT2D eigenvalue weighted by atomic mass is 32.1. The average molecular weight is 257 g/mol. The zero-order valence-electron chi connectivity index (χ0n) is 9.17. The highest BCUT2D eigenvalue weighted by molar-refractivity contribution is 7.14. The summed E-state index contributed by atoms with van der Waals surface area (Å²) in [5.41, 5.74) is -0.0537. The highest BCUT2D eigenvalue weighted by Crippen LogP contribution is 2.29. The van der Waals surface area contributed by atoms with E-state index in [0.717, 1.165) is 11.3 Å². The van der Waals surface area contributed by atoms with Gasteiger partial charge in [0, 0.05) is 12.5 Å². The SMILES string of the molecule is COC(=O)CCCc1sc(C=O)cc1[N+](=O)[O-]. The minimum absolute atomic E-state index is 0.0537. The lowest BCUT2D eigenvalue weighted by molar-refractivity contribution is -0.385. The molecule has 0 radical (unpaired) electrons. The molecule has 0 fully saturated rings. The number of aryl methyl sites for hydroxylation is 1. The van der Waals surface area contributed by atoms with Crippen molar-refractivity contribution in [1.29, 1.82) is 0 Å². The molecular formula is C10H11NO5S. The molecule has 6 nitrogen and oxygen atoms in total. The van der Waals surface area contributed by atoms with Crippen LogP contribution in [0.15, 0.2) is 6.07 Å². The fraction of sp³-hybridized carbons (Fsp3) is 0.400. The second-order valence-corrected chi connectivity index (χ2v) is 4.43. The Labute approximate surface area is 101 Å². The fourth-order valence-corrected chi connectivity index (χ4v) is 2.31. The van der Waals surface area contributed by atoms with Crippen molar-refractivity contribution >= 4 is 29.3 Å². The predicted molar refractivity (Wildman–Crippen MR) is 61.3 cm³/mol. The molecule has 1 aromatic rings. The number of nitrogens with zero attached hydrogens (tertiary/aromatic N) is 1. The van der Waals surface area contributed by atoms with Gasteiger partial charge in [-0.3, -0.25) is 19.7 Å². The number of ether oxygens (including phenoxy) is 1. The van der Waals surface area contributed by atoms with Crippen molar-refractivity contribution in [3.05, 3.63) is 25.9 Å². The van der Waals surface area contributed by atoms with Crippen LogP contribution in [-0.4, -0.2) is 24.3 Å². The second kappa shape index (κ2) is 6.09. The van der Waals surface area contributed by atoms with E-state index >= 15 is 0 Å². The molecule has 0 bridgehead atoms. The highest BCUT2D eigenvalue weighted by Gasteiger charge is 2.18. The van der Waals surface area contributed by atoms with Gasteiger partial charge in [0.2, 0.25) is 0 Å². The van der Waals surface area contributed by atoms with Crippen LogP contribution < -0.4 is 0 Å². The minimum Gasteiger partial charge on any atom is -0.469 e. The van der Waals surface area contributed by atoms with E-state index in [1.807, 2.05) is 0 Å². The first-order valence-electron chi connectivity index (χ1n) is 4.87. The third-order valence-electron chi connectivity index (χ3n) is 2.13. The third kappa shape index (κ3) is 3.63. The molecule has 0 aliphatic carbocycles. The molecule has 7 heteroatoms. The quantitative estimate of drug-likeness (QED) is 0.336. The molecule has 0 atom stereocenters. The molecule has 0 aliphatic rings. The van der Waals surface area contributed by atoms with Gasteiger partial charge in [-0.2, -0.15) is 0 Å². The van der Waals surface area contributed by atoms with Gasteiger partial charge in [0.05, 0.1) is 21.8 Å². The molecule has 17 heavy (non-hydrogen) atoms. The summed E-state index contributed by atoms with van der Waals surface area (Å²) in [5, 5.41) is 10.7. The van der Waals surface area contributed by atoms with Crippen LogP contribution in [0, 0.1) is 10.1 Å². The fourth-order valence-electron chi connectivity index (χ4n) is 1.33. The lowest BCUT2D eigenvalue weighted by atomic mass is 10.2. The Morgan fingerprint density at radius 2 is 2.35 bits per heavy atom. The standard InChI is InChI=1S/C10H11NO5S/c1-16-10(13)4-2-3-9-8(11(14)15)5-7(6-12)17-9/h5-6H,2-4H2,1H3. The summed E-state index contributed by atoms with van der Waals surface area (Å²) in [6.07, 6.45) is 1.65. The van der Waals surface area contributed by atoms with Gasteiger partial charge in [-0.05, 0) is 12.8 Å². The number of hydrogen-bond donors (Lipinski definition) is 0. The lowest BCUT2D eigenvalue weighted by Crippen LogP contribution is -2.00. The maximum absolute atomic E-state index is 10.9. The molecule has 1 heterocycles. The summed E-state index contributed by atoms with van der Waals surface area (Å²) in [4.78, 5) is 32.4. The van der Waals surface area contributed by atoms with E-state index in [1.54, 1.807) is 0 Å². The topological polar surface area (TPSA) is 86.5 Å². The molecule has 92 valence electrons. The molecule has 0 aliphatic heterocycles. The molecule has 0 amide bonds. The van der Waals surface area contributed by atoms with Crippen molar-refractivity contribution in [3.8, 4) is 0 Å². The first-order chi connectivity index (χ1) is 8.08. The van der Waals surface area contributed by atoms with E-state index in [9.17, 15) is 19.7 Å². The Morgan fingerprint density at radius 3 is 2.88 bits per heavy atom. The molecular weight excluding hydrogens is 246 g/mol. The molecule has 0 spiro atoms.